The molecule has 0 aliphatic carbocycles. The summed E-state index contributed by atoms with van der Waals surface area (Å²) in [6, 6.07) is 6.22. The summed E-state index contributed by atoms with van der Waals surface area (Å²) >= 11 is 0. The minimum Gasteiger partial charge on any atom is -0.460 e. The summed E-state index contributed by atoms with van der Waals surface area (Å²) in [7, 11) is 0. The standard InChI is InChI=1S/C10H13NO4/c1-2-7-14-8-15-10-6-4-3-5-9(10)11(12)13/h3-6H,2,7-8H2,1H3. The van der Waals surface area contributed by atoms with E-state index in [0.29, 0.717) is 6.61 Å². The Morgan fingerprint density at radius 1 is 1.40 bits per heavy atom. The molecule has 1 aromatic rings. The van der Waals surface area contributed by atoms with E-state index in [9.17, 15) is 10.1 Å². The molecular weight excluding hydrogens is 198 g/mol. The lowest BCUT2D eigenvalue weighted by Gasteiger charge is -2.06. The number of benzene rings is 1. The van der Waals surface area contributed by atoms with E-state index in [1.807, 2.05) is 6.92 Å². The largest absolute Gasteiger partial charge is 0.460 e. The van der Waals surface area contributed by atoms with Crippen molar-refractivity contribution >= 4 is 5.69 Å². The van der Waals surface area contributed by atoms with Crippen molar-refractivity contribution in [2.75, 3.05) is 13.4 Å². The van der Waals surface area contributed by atoms with E-state index >= 15 is 0 Å². The van der Waals surface area contributed by atoms with E-state index in [1.165, 1.54) is 6.07 Å². The maximum atomic E-state index is 10.6. The van der Waals surface area contributed by atoms with Crippen LogP contribution < -0.4 is 4.74 Å². The average Bonchev–Trinajstić information content (AvgIpc) is 2.25. The van der Waals surface area contributed by atoms with Gasteiger partial charge in [0.15, 0.2) is 12.5 Å². The number of para-hydroxylation sites is 2. The van der Waals surface area contributed by atoms with Crippen LogP contribution in [0.3, 0.4) is 0 Å². The summed E-state index contributed by atoms with van der Waals surface area (Å²) in [5.74, 6) is 0.235. The van der Waals surface area contributed by atoms with Gasteiger partial charge in [0.05, 0.1) is 11.5 Å². The predicted octanol–water partition coefficient (Wildman–Crippen LogP) is 2.36. The minimum atomic E-state index is -0.477. The highest BCUT2D eigenvalue weighted by Crippen LogP contribution is 2.25. The Labute approximate surface area is 87.8 Å². The molecule has 0 amide bonds. The zero-order chi connectivity index (χ0) is 11.1. The number of nitro groups is 1. The van der Waals surface area contributed by atoms with Crippen LogP contribution in [0.5, 0.6) is 5.75 Å². The van der Waals surface area contributed by atoms with Gasteiger partial charge in [-0.05, 0) is 12.5 Å². The first kappa shape index (κ1) is 11.5. The van der Waals surface area contributed by atoms with Crippen LogP contribution >= 0.6 is 0 Å². The third kappa shape index (κ3) is 3.55. The second kappa shape index (κ2) is 5.98. The van der Waals surface area contributed by atoms with E-state index in [0.717, 1.165) is 6.42 Å². The van der Waals surface area contributed by atoms with Crippen molar-refractivity contribution in [3.05, 3.63) is 34.4 Å². The Morgan fingerprint density at radius 3 is 2.80 bits per heavy atom. The van der Waals surface area contributed by atoms with Crippen LogP contribution in [0.1, 0.15) is 13.3 Å². The van der Waals surface area contributed by atoms with Crippen LogP contribution in [0.4, 0.5) is 5.69 Å². The molecular formula is C10H13NO4. The van der Waals surface area contributed by atoms with Gasteiger partial charge < -0.3 is 9.47 Å². The van der Waals surface area contributed by atoms with Crippen LogP contribution in [0, 0.1) is 10.1 Å². The molecule has 1 aromatic carbocycles. The van der Waals surface area contributed by atoms with E-state index in [1.54, 1.807) is 18.2 Å². The van der Waals surface area contributed by atoms with Crippen LogP contribution in [0.15, 0.2) is 24.3 Å². The number of ether oxygens (including phenoxy) is 2. The van der Waals surface area contributed by atoms with Gasteiger partial charge in [0.1, 0.15) is 0 Å². The third-order valence-electron chi connectivity index (χ3n) is 1.71. The summed E-state index contributed by atoms with van der Waals surface area (Å²) in [6.07, 6.45) is 0.889. The fourth-order valence-electron chi connectivity index (χ4n) is 1.04. The molecule has 0 unspecified atom stereocenters. The SMILES string of the molecule is CCCOCOc1ccccc1[N+](=O)[O-]. The van der Waals surface area contributed by atoms with Gasteiger partial charge in [-0.2, -0.15) is 0 Å². The second-order valence-corrected chi connectivity index (χ2v) is 2.90. The van der Waals surface area contributed by atoms with E-state index < -0.39 is 4.92 Å². The number of nitrogens with zero attached hydrogens (tertiary/aromatic N) is 1. The molecule has 5 nitrogen and oxygen atoms in total. The summed E-state index contributed by atoms with van der Waals surface area (Å²) in [6.45, 7) is 2.60. The summed E-state index contributed by atoms with van der Waals surface area (Å²) in [5, 5.41) is 10.6. The summed E-state index contributed by atoms with van der Waals surface area (Å²) in [4.78, 5) is 10.1. The maximum Gasteiger partial charge on any atom is 0.311 e. The Morgan fingerprint density at radius 2 is 2.13 bits per heavy atom. The zero-order valence-electron chi connectivity index (χ0n) is 8.51. The van der Waals surface area contributed by atoms with Crippen LogP contribution in [-0.2, 0) is 4.74 Å². The van der Waals surface area contributed by atoms with E-state index in [-0.39, 0.29) is 18.2 Å². The van der Waals surface area contributed by atoms with Crippen LogP contribution in [0.25, 0.3) is 0 Å². The highest BCUT2D eigenvalue weighted by molar-refractivity contribution is 5.45. The smallest absolute Gasteiger partial charge is 0.311 e. The Balaban J connectivity index is 2.56. The molecule has 0 fully saturated rings. The average molecular weight is 211 g/mol. The Kier molecular flexibility index (Phi) is 4.56. The number of rotatable bonds is 6. The van der Waals surface area contributed by atoms with Gasteiger partial charge >= 0.3 is 5.69 Å². The molecule has 0 N–H and O–H groups in total. The van der Waals surface area contributed by atoms with Gasteiger partial charge in [0.2, 0.25) is 0 Å². The van der Waals surface area contributed by atoms with Crippen molar-refractivity contribution in [2.24, 2.45) is 0 Å². The van der Waals surface area contributed by atoms with E-state index in [4.69, 9.17) is 9.47 Å². The monoisotopic (exact) mass is 211 g/mol. The van der Waals surface area contributed by atoms with Crippen molar-refractivity contribution in [1.82, 2.24) is 0 Å². The molecule has 0 aliphatic heterocycles. The molecule has 82 valence electrons. The molecule has 0 aliphatic rings. The van der Waals surface area contributed by atoms with Gasteiger partial charge in [-0.25, -0.2) is 0 Å². The van der Waals surface area contributed by atoms with Crippen molar-refractivity contribution < 1.29 is 14.4 Å². The lowest BCUT2D eigenvalue weighted by molar-refractivity contribution is -0.386. The lowest BCUT2D eigenvalue weighted by Crippen LogP contribution is -2.04. The minimum absolute atomic E-state index is 0.0404. The maximum absolute atomic E-state index is 10.6. The first-order valence-corrected chi connectivity index (χ1v) is 4.69. The number of hydrogen-bond donors (Lipinski definition) is 0. The molecule has 15 heavy (non-hydrogen) atoms. The third-order valence-corrected chi connectivity index (χ3v) is 1.71. The van der Waals surface area contributed by atoms with Crippen LogP contribution in [-0.4, -0.2) is 18.3 Å². The molecule has 0 bridgehead atoms. The van der Waals surface area contributed by atoms with Gasteiger partial charge in [0, 0.05) is 6.07 Å². The zero-order valence-corrected chi connectivity index (χ0v) is 8.51. The van der Waals surface area contributed by atoms with Gasteiger partial charge in [0.25, 0.3) is 0 Å². The number of hydrogen-bond acceptors (Lipinski definition) is 4. The number of nitro benzene ring substituents is 1. The van der Waals surface area contributed by atoms with Crippen molar-refractivity contribution in [2.45, 2.75) is 13.3 Å². The van der Waals surface area contributed by atoms with Gasteiger partial charge in [-0.1, -0.05) is 19.1 Å². The molecule has 0 saturated heterocycles. The molecule has 0 radical (unpaired) electrons. The van der Waals surface area contributed by atoms with Crippen molar-refractivity contribution in [3.63, 3.8) is 0 Å². The lowest BCUT2D eigenvalue weighted by atomic mass is 10.3. The summed E-state index contributed by atoms with van der Waals surface area (Å²) in [5.41, 5.74) is -0.0439. The van der Waals surface area contributed by atoms with Crippen molar-refractivity contribution in [3.8, 4) is 5.75 Å². The van der Waals surface area contributed by atoms with Gasteiger partial charge in [-0.3, -0.25) is 10.1 Å². The molecule has 0 heterocycles. The first-order chi connectivity index (χ1) is 7.25. The fourth-order valence-corrected chi connectivity index (χ4v) is 1.04. The molecule has 5 heteroatoms. The quantitative estimate of drug-likeness (QED) is 0.313. The summed E-state index contributed by atoms with van der Waals surface area (Å²) < 4.78 is 10.2. The fraction of sp³-hybridized carbons (Fsp3) is 0.400. The normalized spacial score (nSPS) is 9.93. The molecule has 0 spiro atoms. The molecule has 0 atom stereocenters. The van der Waals surface area contributed by atoms with Crippen molar-refractivity contribution in [1.29, 1.82) is 0 Å². The molecule has 0 saturated carbocycles. The molecule has 0 aromatic heterocycles. The van der Waals surface area contributed by atoms with E-state index in [2.05, 4.69) is 0 Å². The van der Waals surface area contributed by atoms with Crippen LogP contribution in [0.2, 0.25) is 0 Å². The first-order valence-electron chi connectivity index (χ1n) is 4.69. The second-order valence-electron chi connectivity index (χ2n) is 2.90. The predicted molar refractivity (Wildman–Crippen MR) is 54.8 cm³/mol. The highest BCUT2D eigenvalue weighted by Gasteiger charge is 2.12. The Hall–Kier alpha value is -1.62. The Bertz CT molecular complexity index is 327. The molecule has 1 rings (SSSR count). The highest BCUT2D eigenvalue weighted by atomic mass is 16.7. The topological polar surface area (TPSA) is 61.6 Å². The van der Waals surface area contributed by atoms with Gasteiger partial charge in [-0.15, -0.1) is 0 Å².